The second-order valence-corrected chi connectivity index (χ2v) is 6.61. The fourth-order valence-electron chi connectivity index (χ4n) is 3.07. The molecule has 0 heterocycles. The van der Waals surface area contributed by atoms with E-state index in [1.807, 2.05) is 0 Å². The van der Waals surface area contributed by atoms with Crippen molar-refractivity contribution in [2.45, 2.75) is 104 Å². The summed E-state index contributed by atoms with van der Waals surface area (Å²) in [6.45, 7) is 13.0. The van der Waals surface area contributed by atoms with Crippen LogP contribution in [-0.2, 0) is 0 Å². The van der Waals surface area contributed by atoms with Crippen LogP contribution < -0.4 is 0 Å². The maximum absolute atomic E-state index is 10.4. The van der Waals surface area contributed by atoms with E-state index in [1.54, 1.807) is 0 Å². The Bertz CT molecular complexity index is 211. The first-order valence-corrected chi connectivity index (χ1v) is 8.93. The van der Waals surface area contributed by atoms with Gasteiger partial charge in [-0.2, -0.15) is 0 Å². The fourth-order valence-corrected chi connectivity index (χ4v) is 3.07. The minimum absolute atomic E-state index is 0.0926. The van der Waals surface area contributed by atoms with Crippen molar-refractivity contribution in [3.05, 3.63) is 0 Å². The molecule has 0 amide bonds. The lowest BCUT2D eigenvalue weighted by atomic mass is 9.90. The Morgan fingerprint density at radius 3 is 1.70 bits per heavy atom. The SMILES string of the molecule is CCCCCCCCCCC(O)C(C)(C)N(CC)CC. The van der Waals surface area contributed by atoms with Gasteiger partial charge in [-0.3, -0.25) is 4.90 Å². The molecule has 1 unspecified atom stereocenters. The van der Waals surface area contributed by atoms with Gasteiger partial charge in [0.1, 0.15) is 0 Å². The van der Waals surface area contributed by atoms with Gasteiger partial charge in [0.25, 0.3) is 0 Å². The molecule has 0 aliphatic heterocycles. The maximum Gasteiger partial charge on any atom is 0.0718 e. The Labute approximate surface area is 127 Å². The van der Waals surface area contributed by atoms with Crippen LogP contribution in [0.5, 0.6) is 0 Å². The van der Waals surface area contributed by atoms with Crippen LogP contribution in [0.2, 0.25) is 0 Å². The van der Waals surface area contributed by atoms with Gasteiger partial charge >= 0.3 is 0 Å². The van der Waals surface area contributed by atoms with Gasteiger partial charge in [0.15, 0.2) is 0 Å². The molecule has 20 heavy (non-hydrogen) atoms. The lowest BCUT2D eigenvalue weighted by Crippen LogP contribution is -2.52. The number of aliphatic hydroxyl groups is 1. The summed E-state index contributed by atoms with van der Waals surface area (Å²) in [6, 6.07) is 0. The van der Waals surface area contributed by atoms with Crippen LogP contribution in [-0.4, -0.2) is 34.7 Å². The minimum atomic E-state index is -0.206. The standard InChI is InChI=1S/C18H39NO/c1-6-9-10-11-12-13-14-15-16-17(20)18(4,5)19(7-2)8-3/h17,20H,6-16H2,1-5H3. The van der Waals surface area contributed by atoms with E-state index in [9.17, 15) is 5.11 Å². The molecule has 2 nitrogen and oxygen atoms in total. The van der Waals surface area contributed by atoms with Gasteiger partial charge in [-0.05, 0) is 33.4 Å². The van der Waals surface area contributed by atoms with E-state index >= 15 is 0 Å². The molecule has 0 aromatic heterocycles. The van der Waals surface area contributed by atoms with E-state index in [1.165, 1.54) is 51.4 Å². The largest absolute Gasteiger partial charge is 0.391 e. The van der Waals surface area contributed by atoms with Crippen molar-refractivity contribution in [3.8, 4) is 0 Å². The summed E-state index contributed by atoms with van der Waals surface area (Å²) in [4.78, 5) is 2.36. The zero-order valence-corrected chi connectivity index (χ0v) is 14.7. The van der Waals surface area contributed by atoms with Gasteiger partial charge in [-0.15, -0.1) is 0 Å². The Balaban J connectivity index is 3.73. The molecule has 0 saturated carbocycles. The molecule has 0 rings (SSSR count). The summed E-state index contributed by atoms with van der Waals surface area (Å²) in [6.07, 6.45) is 11.4. The van der Waals surface area contributed by atoms with E-state index in [0.29, 0.717) is 0 Å². The first kappa shape index (κ1) is 19.9. The lowest BCUT2D eigenvalue weighted by molar-refractivity contribution is -0.0104. The van der Waals surface area contributed by atoms with Crippen molar-refractivity contribution < 1.29 is 5.11 Å². The predicted octanol–water partition coefficient (Wildman–Crippen LogP) is 5.00. The van der Waals surface area contributed by atoms with Crippen molar-refractivity contribution in [2.75, 3.05) is 13.1 Å². The highest BCUT2D eigenvalue weighted by molar-refractivity contribution is 4.87. The molecule has 0 bridgehead atoms. The summed E-state index contributed by atoms with van der Waals surface area (Å²) in [5.74, 6) is 0. The highest BCUT2D eigenvalue weighted by Crippen LogP contribution is 2.23. The van der Waals surface area contributed by atoms with Crippen LogP contribution in [0.15, 0.2) is 0 Å². The van der Waals surface area contributed by atoms with Crippen LogP contribution in [0.4, 0.5) is 0 Å². The van der Waals surface area contributed by atoms with Crippen LogP contribution in [0.3, 0.4) is 0 Å². The Morgan fingerprint density at radius 2 is 1.25 bits per heavy atom. The van der Waals surface area contributed by atoms with Gasteiger partial charge in [0.2, 0.25) is 0 Å². The summed E-state index contributed by atoms with van der Waals surface area (Å²) in [5, 5.41) is 10.4. The Hall–Kier alpha value is -0.0800. The second-order valence-electron chi connectivity index (χ2n) is 6.61. The summed E-state index contributed by atoms with van der Waals surface area (Å²) < 4.78 is 0. The Morgan fingerprint density at radius 1 is 0.800 bits per heavy atom. The number of aliphatic hydroxyl groups excluding tert-OH is 1. The third-order valence-corrected chi connectivity index (χ3v) is 4.73. The monoisotopic (exact) mass is 285 g/mol. The average molecular weight is 286 g/mol. The molecule has 0 aromatic rings. The highest BCUT2D eigenvalue weighted by Gasteiger charge is 2.31. The number of unbranched alkanes of at least 4 members (excludes halogenated alkanes) is 7. The third kappa shape index (κ3) is 7.64. The van der Waals surface area contributed by atoms with Crippen molar-refractivity contribution in [3.63, 3.8) is 0 Å². The molecule has 0 aliphatic rings. The normalized spacial score (nSPS) is 13.9. The van der Waals surface area contributed by atoms with E-state index in [-0.39, 0.29) is 11.6 Å². The van der Waals surface area contributed by atoms with Crippen LogP contribution in [0.1, 0.15) is 92.4 Å². The first-order valence-electron chi connectivity index (χ1n) is 8.93. The van der Waals surface area contributed by atoms with Crippen LogP contribution in [0, 0.1) is 0 Å². The minimum Gasteiger partial charge on any atom is -0.391 e. The smallest absolute Gasteiger partial charge is 0.0718 e. The number of rotatable bonds is 13. The molecule has 122 valence electrons. The predicted molar refractivity (Wildman–Crippen MR) is 90.2 cm³/mol. The average Bonchev–Trinajstić information content (AvgIpc) is 2.42. The zero-order valence-electron chi connectivity index (χ0n) is 14.7. The maximum atomic E-state index is 10.4. The fraction of sp³-hybridized carbons (Fsp3) is 1.00. The molecule has 1 atom stereocenters. The molecule has 2 heteroatoms. The zero-order chi connectivity index (χ0) is 15.4. The summed E-state index contributed by atoms with van der Waals surface area (Å²) >= 11 is 0. The molecule has 1 N–H and O–H groups in total. The highest BCUT2D eigenvalue weighted by atomic mass is 16.3. The number of hydrogen-bond donors (Lipinski definition) is 1. The molecule has 0 saturated heterocycles. The van der Waals surface area contributed by atoms with Crippen molar-refractivity contribution >= 4 is 0 Å². The number of nitrogens with zero attached hydrogens (tertiary/aromatic N) is 1. The van der Waals surface area contributed by atoms with E-state index < -0.39 is 0 Å². The van der Waals surface area contributed by atoms with Gasteiger partial charge in [0.05, 0.1) is 6.10 Å². The van der Waals surface area contributed by atoms with Gasteiger partial charge < -0.3 is 5.11 Å². The third-order valence-electron chi connectivity index (χ3n) is 4.73. The second kappa shape index (κ2) is 11.6. The molecule has 0 aliphatic carbocycles. The summed E-state index contributed by atoms with van der Waals surface area (Å²) in [5.41, 5.74) is -0.0926. The van der Waals surface area contributed by atoms with Crippen LogP contribution >= 0.6 is 0 Å². The van der Waals surface area contributed by atoms with E-state index in [4.69, 9.17) is 0 Å². The molecular weight excluding hydrogens is 246 g/mol. The number of likely N-dealkylation sites (N-methyl/N-ethyl adjacent to an activating group) is 1. The van der Waals surface area contributed by atoms with Crippen molar-refractivity contribution in [1.82, 2.24) is 4.90 Å². The molecule has 0 spiro atoms. The van der Waals surface area contributed by atoms with Crippen molar-refractivity contribution in [2.24, 2.45) is 0 Å². The van der Waals surface area contributed by atoms with Gasteiger partial charge in [-0.1, -0.05) is 72.1 Å². The summed E-state index contributed by atoms with van der Waals surface area (Å²) in [7, 11) is 0. The molecule has 0 aromatic carbocycles. The molecule has 0 fully saturated rings. The quantitative estimate of drug-likeness (QED) is 0.481. The van der Waals surface area contributed by atoms with E-state index in [0.717, 1.165) is 19.5 Å². The topological polar surface area (TPSA) is 23.5 Å². The molecule has 0 radical (unpaired) electrons. The van der Waals surface area contributed by atoms with Crippen LogP contribution in [0.25, 0.3) is 0 Å². The first-order chi connectivity index (χ1) is 9.50. The number of hydrogen-bond acceptors (Lipinski definition) is 2. The lowest BCUT2D eigenvalue weighted by Gasteiger charge is -2.41. The molecular formula is C18H39NO. The van der Waals surface area contributed by atoms with Gasteiger partial charge in [0, 0.05) is 5.54 Å². The van der Waals surface area contributed by atoms with E-state index in [2.05, 4.69) is 39.5 Å². The van der Waals surface area contributed by atoms with Crippen molar-refractivity contribution in [1.29, 1.82) is 0 Å². The Kier molecular flexibility index (Phi) is 11.5. The van der Waals surface area contributed by atoms with Gasteiger partial charge in [-0.25, -0.2) is 0 Å².